The van der Waals surface area contributed by atoms with Crippen molar-refractivity contribution >= 4 is 11.0 Å². The molecular weight excluding hydrogens is 228 g/mol. The molecule has 3 aromatic rings. The molecule has 0 unspecified atom stereocenters. The standard InChI is InChI=1S/C14H14N2O2/c1-3-9-5-7-13(18-9)14-15-11-6-4-10(17-2)8-12(11)16-14/h4-8H,3H2,1-2H3,(H,15,16). The number of benzene rings is 1. The number of rotatable bonds is 3. The molecule has 0 fully saturated rings. The van der Waals surface area contributed by atoms with Crippen molar-refractivity contribution < 1.29 is 9.15 Å². The number of nitrogens with one attached hydrogen (secondary N) is 1. The van der Waals surface area contributed by atoms with Crippen LogP contribution in [-0.4, -0.2) is 17.1 Å². The summed E-state index contributed by atoms with van der Waals surface area (Å²) in [5.41, 5.74) is 1.85. The number of ether oxygens (including phenoxy) is 1. The maximum absolute atomic E-state index is 5.68. The van der Waals surface area contributed by atoms with Crippen molar-refractivity contribution in [3.8, 4) is 17.3 Å². The number of nitrogens with zero attached hydrogens (tertiary/aromatic N) is 1. The Bertz CT molecular complexity index is 682. The van der Waals surface area contributed by atoms with Crippen LogP contribution < -0.4 is 4.74 Å². The highest BCUT2D eigenvalue weighted by Gasteiger charge is 2.09. The summed E-state index contributed by atoms with van der Waals surface area (Å²) in [6.07, 6.45) is 0.883. The summed E-state index contributed by atoms with van der Waals surface area (Å²) in [5.74, 6) is 3.29. The number of furan rings is 1. The first-order chi connectivity index (χ1) is 8.80. The van der Waals surface area contributed by atoms with Crippen LogP contribution in [0.25, 0.3) is 22.6 Å². The highest BCUT2D eigenvalue weighted by molar-refractivity contribution is 5.80. The fourth-order valence-electron chi connectivity index (χ4n) is 1.93. The van der Waals surface area contributed by atoms with Gasteiger partial charge in [0.2, 0.25) is 0 Å². The lowest BCUT2D eigenvalue weighted by atomic mass is 10.3. The molecular formula is C14H14N2O2. The van der Waals surface area contributed by atoms with Crippen molar-refractivity contribution in [1.82, 2.24) is 9.97 Å². The van der Waals surface area contributed by atoms with E-state index in [0.717, 1.165) is 40.5 Å². The van der Waals surface area contributed by atoms with Crippen LogP contribution in [0.5, 0.6) is 5.75 Å². The number of aromatic amines is 1. The molecule has 0 aliphatic rings. The van der Waals surface area contributed by atoms with E-state index in [2.05, 4.69) is 16.9 Å². The van der Waals surface area contributed by atoms with Gasteiger partial charge in [0, 0.05) is 12.5 Å². The third-order valence-electron chi connectivity index (χ3n) is 2.93. The van der Waals surface area contributed by atoms with Crippen LogP contribution >= 0.6 is 0 Å². The summed E-state index contributed by atoms with van der Waals surface area (Å²) in [4.78, 5) is 7.74. The molecule has 0 radical (unpaired) electrons. The van der Waals surface area contributed by atoms with Gasteiger partial charge in [0.1, 0.15) is 11.5 Å². The second kappa shape index (κ2) is 4.22. The van der Waals surface area contributed by atoms with Crippen molar-refractivity contribution in [2.45, 2.75) is 13.3 Å². The smallest absolute Gasteiger partial charge is 0.174 e. The molecule has 0 saturated heterocycles. The number of hydrogen-bond donors (Lipinski definition) is 1. The monoisotopic (exact) mass is 242 g/mol. The summed E-state index contributed by atoms with van der Waals surface area (Å²) in [5, 5.41) is 0. The number of aryl methyl sites for hydroxylation is 1. The predicted molar refractivity (Wildman–Crippen MR) is 69.7 cm³/mol. The second-order valence-electron chi connectivity index (χ2n) is 4.09. The van der Waals surface area contributed by atoms with Crippen molar-refractivity contribution in [2.24, 2.45) is 0 Å². The van der Waals surface area contributed by atoms with Crippen molar-refractivity contribution in [3.63, 3.8) is 0 Å². The Hall–Kier alpha value is -2.23. The summed E-state index contributed by atoms with van der Waals surface area (Å²) in [6, 6.07) is 9.66. The molecule has 0 saturated carbocycles. The lowest BCUT2D eigenvalue weighted by Crippen LogP contribution is -1.81. The minimum absolute atomic E-state index is 0.748. The van der Waals surface area contributed by atoms with Gasteiger partial charge in [0.15, 0.2) is 11.6 Å². The Morgan fingerprint density at radius 3 is 2.89 bits per heavy atom. The molecule has 1 N–H and O–H groups in total. The molecule has 0 bridgehead atoms. The van der Waals surface area contributed by atoms with Gasteiger partial charge < -0.3 is 14.1 Å². The molecule has 0 aliphatic carbocycles. The lowest BCUT2D eigenvalue weighted by Gasteiger charge is -1.96. The Labute approximate surface area is 105 Å². The highest BCUT2D eigenvalue weighted by atomic mass is 16.5. The first kappa shape index (κ1) is 10.9. The van der Waals surface area contributed by atoms with Gasteiger partial charge in [0.25, 0.3) is 0 Å². The van der Waals surface area contributed by atoms with E-state index < -0.39 is 0 Å². The first-order valence-electron chi connectivity index (χ1n) is 5.93. The number of aromatic nitrogens is 2. The Morgan fingerprint density at radius 2 is 2.17 bits per heavy atom. The van der Waals surface area contributed by atoms with Crippen LogP contribution in [0.3, 0.4) is 0 Å². The molecule has 4 nitrogen and oxygen atoms in total. The van der Waals surface area contributed by atoms with Crippen LogP contribution in [0.2, 0.25) is 0 Å². The molecule has 18 heavy (non-hydrogen) atoms. The van der Waals surface area contributed by atoms with E-state index >= 15 is 0 Å². The van der Waals surface area contributed by atoms with Crippen LogP contribution in [-0.2, 0) is 6.42 Å². The first-order valence-corrected chi connectivity index (χ1v) is 5.93. The van der Waals surface area contributed by atoms with Crippen LogP contribution in [0.1, 0.15) is 12.7 Å². The molecule has 2 heterocycles. The number of imidazole rings is 1. The van der Waals surface area contributed by atoms with E-state index in [4.69, 9.17) is 9.15 Å². The zero-order chi connectivity index (χ0) is 12.5. The Balaban J connectivity index is 2.07. The molecule has 3 rings (SSSR count). The van der Waals surface area contributed by atoms with E-state index in [0.29, 0.717) is 0 Å². The summed E-state index contributed by atoms with van der Waals surface area (Å²) < 4.78 is 10.9. The van der Waals surface area contributed by atoms with Gasteiger partial charge >= 0.3 is 0 Å². The fourth-order valence-corrected chi connectivity index (χ4v) is 1.93. The quantitative estimate of drug-likeness (QED) is 0.765. The molecule has 0 aliphatic heterocycles. The van der Waals surface area contributed by atoms with E-state index in [1.54, 1.807) is 7.11 Å². The second-order valence-corrected chi connectivity index (χ2v) is 4.09. The summed E-state index contributed by atoms with van der Waals surface area (Å²) in [6.45, 7) is 2.06. The minimum atomic E-state index is 0.748. The Morgan fingerprint density at radius 1 is 1.28 bits per heavy atom. The van der Waals surface area contributed by atoms with Gasteiger partial charge in [0.05, 0.1) is 18.1 Å². The molecule has 92 valence electrons. The third-order valence-corrected chi connectivity index (χ3v) is 2.93. The molecule has 2 aromatic heterocycles. The fraction of sp³-hybridized carbons (Fsp3) is 0.214. The van der Waals surface area contributed by atoms with Gasteiger partial charge in [-0.25, -0.2) is 4.98 Å². The molecule has 4 heteroatoms. The number of hydrogen-bond acceptors (Lipinski definition) is 3. The zero-order valence-corrected chi connectivity index (χ0v) is 10.4. The van der Waals surface area contributed by atoms with Gasteiger partial charge in [-0.15, -0.1) is 0 Å². The van der Waals surface area contributed by atoms with Crippen LogP contribution in [0.15, 0.2) is 34.7 Å². The maximum Gasteiger partial charge on any atom is 0.174 e. The van der Waals surface area contributed by atoms with Gasteiger partial charge in [-0.1, -0.05) is 6.92 Å². The van der Waals surface area contributed by atoms with Crippen molar-refractivity contribution in [3.05, 3.63) is 36.1 Å². The maximum atomic E-state index is 5.68. The largest absolute Gasteiger partial charge is 0.497 e. The Kier molecular flexibility index (Phi) is 2.55. The van der Waals surface area contributed by atoms with Crippen LogP contribution in [0.4, 0.5) is 0 Å². The minimum Gasteiger partial charge on any atom is -0.497 e. The SMILES string of the molecule is CCc1ccc(-c2nc3ccc(OC)cc3[nH]2)o1. The lowest BCUT2D eigenvalue weighted by molar-refractivity contribution is 0.415. The van der Waals surface area contributed by atoms with Gasteiger partial charge in [-0.05, 0) is 24.3 Å². The highest BCUT2D eigenvalue weighted by Crippen LogP contribution is 2.25. The van der Waals surface area contributed by atoms with Crippen LogP contribution in [0, 0.1) is 0 Å². The van der Waals surface area contributed by atoms with Gasteiger partial charge in [-0.2, -0.15) is 0 Å². The third kappa shape index (κ3) is 1.76. The predicted octanol–water partition coefficient (Wildman–Crippen LogP) is 3.39. The number of H-pyrrole nitrogens is 1. The van der Waals surface area contributed by atoms with E-state index in [9.17, 15) is 0 Å². The molecule has 0 spiro atoms. The molecule has 0 amide bonds. The molecule has 0 atom stereocenters. The normalized spacial score (nSPS) is 11.0. The summed E-state index contributed by atoms with van der Waals surface area (Å²) >= 11 is 0. The van der Waals surface area contributed by atoms with E-state index in [1.165, 1.54) is 0 Å². The van der Waals surface area contributed by atoms with Crippen molar-refractivity contribution in [2.75, 3.05) is 7.11 Å². The summed E-state index contributed by atoms with van der Waals surface area (Å²) in [7, 11) is 1.65. The zero-order valence-electron chi connectivity index (χ0n) is 10.4. The van der Waals surface area contributed by atoms with Gasteiger partial charge in [-0.3, -0.25) is 0 Å². The van der Waals surface area contributed by atoms with Crippen molar-refractivity contribution in [1.29, 1.82) is 0 Å². The average Bonchev–Trinajstić information content (AvgIpc) is 3.03. The average molecular weight is 242 g/mol. The molecule has 1 aromatic carbocycles. The van der Waals surface area contributed by atoms with E-state index in [1.807, 2.05) is 30.3 Å². The topological polar surface area (TPSA) is 51.0 Å². The van der Waals surface area contributed by atoms with E-state index in [-0.39, 0.29) is 0 Å². The number of fused-ring (bicyclic) bond motifs is 1. The number of methoxy groups -OCH3 is 1.